The molecular weight excluding hydrogens is 290 g/mol. The summed E-state index contributed by atoms with van der Waals surface area (Å²) in [5.41, 5.74) is 0. The second-order valence-corrected chi connectivity index (χ2v) is 7.30. The minimum atomic E-state index is 0.833. The van der Waals surface area contributed by atoms with Crippen molar-refractivity contribution in [3.63, 3.8) is 0 Å². The molecule has 1 aliphatic rings. The Morgan fingerprint density at radius 1 is 1.00 bits per heavy atom. The van der Waals surface area contributed by atoms with Gasteiger partial charge in [-0.15, -0.1) is 11.8 Å². The van der Waals surface area contributed by atoms with Crippen LogP contribution in [0.25, 0.3) is 0 Å². The molecule has 0 spiro atoms. The summed E-state index contributed by atoms with van der Waals surface area (Å²) in [6.45, 7) is 6.97. The Morgan fingerprint density at radius 3 is 2.50 bits per heavy atom. The molecule has 0 aliphatic carbocycles. The molecule has 0 unspecified atom stereocenters. The molecule has 0 saturated carbocycles. The number of unbranched alkanes of at least 4 members (excludes halogenated alkanes) is 2. The highest BCUT2D eigenvalue weighted by molar-refractivity contribution is 7.99. The lowest BCUT2D eigenvalue weighted by Crippen LogP contribution is -2.30. The maximum absolute atomic E-state index is 5.70. The average molecular weight is 322 g/mol. The molecule has 2 rings (SSSR count). The van der Waals surface area contributed by atoms with Crippen LogP contribution in [0.15, 0.2) is 29.2 Å². The van der Waals surface area contributed by atoms with Gasteiger partial charge in [-0.1, -0.05) is 19.8 Å². The highest BCUT2D eigenvalue weighted by atomic mass is 32.2. The molecule has 124 valence electrons. The van der Waals surface area contributed by atoms with E-state index in [-0.39, 0.29) is 0 Å². The van der Waals surface area contributed by atoms with E-state index in [0.717, 1.165) is 18.8 Å². The quantitative estimate of drug-likeness (QED) is 0.433. The van der Waals surface area contributed by atoms with Crippen LogP contribution in [-0.2, 0) is 0 Å². The predicted octanol–water partition coefficient (Wildman–Crippen LogP) is 5.22. The Hall–Kier alpha value is -0.670. The summed E-state index contributed by atoms with van der Waals surface area (Å²) in [5.74, 6) is 2.23. The summed E-state index contributed by atoms with van der Waals surface area (Å²) in [6, 6.07) is 8.59. The molecule has 3 heteroatoms. The SMILES string of the molecule is CCCCOc1ccc(SCCCCN2CCCCC2)cc1. The lowest BCUT2D eigenvalue weighted by atomic mass is 10.1. The fourth-order valence-electron chi connectivity index (χ4n) is 2.78. The van der Waals surface area contributed by atoms with Gasteiger partial charge in [0.2, 0.25) is 0 Å². The first kappa shape index (κ1) is 17.7. The number of rotatable bonds is 10. The Balaban J connectivity index is 1.54. The van der Waals surface area contributed by atoms with Gasteiger partial charge in [-0.25, -0.2) is 0 Å². The van der Waals surface area contributed by atoms with Gasteiger partial charge in [0, 0.05) is 4.90 Å². The van der Waals surface area contributed by atoms with Crippen LogP contribution in [-0.4, -0.2) is 36.9 Å². The van der Waals surface area contributed by atoms with Gasteiger partial charge in [0.25, 0.3) is 0 Å². The molecule has 2 nitrogen and oxygen atoms in total. The van der Waals surface area contributed by atoms with E-state index in [1.54, 1.807) is 0 Å². The summed E-state index contributed by atoms with van der Waals surface area (Å²) >= 11 is 1.97. The van der Waals surface area contributed by atoms with Crippen LogP contribution in [0, 0.1) is 0 Å². The fraction of sp³-hybridized carbons (Fsp3) is 0.684. The zero-order chi connectivity index (χ0) is 15.5. The normalized spacial score (nSPS) is 15.9. The van der Waals surface area contributed by atoms with Crippen LogP contribution in [0.2, 0.25) is 0 Å². The van der Waals surface area contributed by atoms with Gasteiger partial charge in [0.05, 0.1) is 6.61 Å². The monoisotopic (exact) mass is 321 g/mol. The third kappa shape index (κ3) is 7.06. The van der Waals surface area contributed by atoms with E-state index < -0.39 is 0 Å². The first-order valence-electron chi connectivity index (χ1n) is 8.96. The fourth-order valence-corrected chi connectivity index (χ4v) is 3.69. The molecule has 0 aromatic heterocycles. The molecule has 22 heavy (non-hydrogen) atoms. The largest absolute Gasteiger partial charge is 0.494 e. The third-order valence-corrected chi connectivity index (χ3v) is 5.27. The van der Waals surface area contributed by atoms with E-state index in [1.165, 1.54) is 68.8 Å². The molecule has 1 fully saturated rings. The Labute approximate surface area is 140 Å². The van der Waals surface area contributed by atoms with Crippen LogP contribution in [0.5, 0.6) is 5.75 Å². The van der Waals surface area contributed by atoms with Crippen molar-refractivity contribution in [2.45, 2.75) is 56.8 Å². The second-order valence-electron chi connectivity index (χ2n) is 6.13. The van der Waals surface area contributed by atoms with E-state index in [9.17, 15) is 0 Å². The van der Waals surface area contributed by atoms with Crippen molar-refractivity contribution in [1.29, 1.82) is 0 Å². The Kier molecular flexibility index (Phi) is 8.81. The van der Waals surface area contributed by atoms with Crippen molar-refractivity contribution in [1.82, 2.24) is 4.90 Å². The van der Waals surface area contributed by atoms with E-state index in [4.69, 9.17) is 4.74 Å². The van der Waals surface area contributed by atoms with Crippen molar-refractivity contribution in [3.05, 3.63) is 24.3 Å². The van der Waals surface area contributed by atoms with Crippen molar-refractivity contribution in [2.24, 2.45) is 0 Å². The number of likely N-dealkylation sites (tertiary alicyclic amines) is 1. The molecule has 0 bridgehead atoms. The summed E-state index contributed by atoms with van der Waals surface area (Å²) in [4.78, 5) is 4.00. The minimum Gasteiger partial charge on any atom is -0.494 e. The molecule has 1 aliphatic heterocycles. The molecule has 0 N–H and O–H groups in total. The van der Waals surface area contributed by atoms with Gasteiger partial charge in [-0.2, -0.15) is 0 Å². The number of piperidine rings is 1. The molecular formula is C19H31NOS. The molecule has 1 heterocycles. The topological polar surface area (TPSA) is 12.5 Å². The lowest BCUT2D eigenvalue weighted by molar-refractivity contribution is 0.226. The number of benzene rings is 1. The van der Waals surface area contributed by atoms with Crippen molar-refractivity contribution in [2.75, 3.05) is 32.0 Å². The number of nitrogens with zero attached hydrogens (tertiary/aromatic N) is 1. The maximum Gasteiger partial charge on any atom is 0.119 e. The number of ether oxygens (including phenoxy) is 1. The zero-order valence-electron chi connectivity index (χ0n) is 14.1. The van der Waals surface area contributed by atoms with E-state index in [2.05, 4.69) is 36.1 Å². The highest BCUT2D eigenvalue weighted by Gasteiger charge is 2.08. The van der Waals surface area contributed by atoms with Gasteiger partial charge < -0.3 is 9.64 Å². The number of hydrogen-bond acceptors (Lipinski definition) is 3. The van der Waals surface area contributed by atoms with Crippen LogP contribution < -0.4 is 4.74 Å². The van der Waals surface area contributed by atoms with Crippen molar-refractivity contribution in [3.8, 4) is 5.75 Å². The van der Waals surface area contributed by atoms with E-state index >= 15 is 0 Å². The smallest absolute Gasteiger partial charge is 0.119 e. The van der Waals surface area contributed by atoms with E-state index in [0.29, 0.717) is 0 Å². The van der Waals surface area contributed by atoms with Gasteiger partial charge in [-0.05, 0) is 81.8 Å². The summed E-state index contributed by atoms with van der Waals surface area (Å²) < 4.78 is 5.70. The molecule has 0 atom stereocenters. The summed E-state index contributed by atoms with van der Waals surface area (Å²) in [6.07, 6.45) is 9.22. The summed E-state index contributed by atoms with van der Waals surface area (Å²) in [5, 5.41) is 0. The molecule has 1 saturated heterocycles. The third-order valence-electron chi connectivity index (χ3n) is 4.18. The number of thioether (sulfide) groups is 1. The first-order valence-corrected chi connectivity index (χ1v) is 9.95. The van der Waals surface area contributed by atoms with Crippen LogP contribution >= 0.6 is 11.8 Å². The maximum atomic E-state index is 5.70. The minimum absolute atomic E-state index is 0.833. The van der Waals surface area contributed by atoms with Crippen LogP contribution in [0.1, 0.15) is 51.9 Å². The summed E-state index contributed by atoms with van der Waals surface area (Å²) in [7, 11) is 0. The molecule has 0 radical (unpaired) electrons. The van der Waals surface area contributed by atoms with Gasteiger partial charge >= 0.3 is 0 Å². The van der Waals surface area contributed by atoms with Gasteiger partial charge in [0.15, 0.2) is 0 Å². The van der Waals surface area contributed by atoms with Gasteiger partial charge in [-0.3, -0.25) is 0 Å². The second kappa shape index (κ2) is 11.0. The highest BCUT2D eigenvalue weighted by Crippen LogP contribution is 2.22. The van der Waals surface area contributed by atoms with Crippen LogP contribution in [0.4, 0.5) is 0 Å². The van der Waals surface area contributed by atoms with Crippen molar-refractivity contribution < 1.29 is 4.74 Å². The van der Waals surface area contributed by atoms with E-state index in [1.807, 2.05) is 11.8 Å². The first-order chi connectivity index (χ1) is 10.9. The standard InChI is InChI=1S/C19H31NOS/c1-2-3-16-21-18-9-11-19(12-10-18)22-17-8-7-15-20-13-5-4-6-14-20/h9-12H,2-8,13-17H2,1H3. The predicted molar refractivity (Wildman–Crippen MR) is 97.1 cm³/mol. The number of hydrogen-bond donors (Lipinski definition) is 0. The Morgan fingerprint density at radius 2 is 1.77 bits per heavy atom. The Bertz CT molecular complexity index is 387. The lowest BCUT2D eigenvalue weighted by Gasteiger charge is -2.26. The molecule has 0 amide bonds. The van der Waals surface area contributed by atoms with Crippen molar-refractivity contribution >= 4 is 11.8 Å². The van der Waals surface area contributed by atoms with Crippen LogP contribution in [0.3, 0.4) is 0 Å². The molecule has 1 aromatic rings. The average Bonchev–Trinajstić information content (AvgIpc) is 2.57. The van der Waals surface area contributed by atoms with Gasteiger partial charge in [0.1, 0.15) is 5.75 Å². The molecule has 1 aromatic carbocycles. The zero-order valence-corrected chi connectivity index (χ0v) is 14.9.